The first-order valence-corrected chi connectivity index (χ1v) is 7.07. The molecule has 0 heterocycles. The van der Waals surface area contributed by atoms with Crippen molar-refractivity contribution < 1.29 is 27.8 Å². The summed E-state index contributed by atoms with van der Waals surface area (Å²) in [6.45, 7) is 5.12. The summed E-state index contributed by atoms with van der Waals surface area (Å²) in [6.07, 6.45) is -2.51. The van der Waals surface area contributed by atoms with Gasteiger partial charge in [0.15, 0.2) is 0 Å². The second-order valence-electron chi connectivity index (χ2n) is 4.86. The zero-order valence-corrected chi connectivity index (χ0v) is 13.1. The van der Waals surface area contributed by atoms with E-state index in [1.807, 2.05) is 0 Å². The molecule has 0 aromatic heterocycles. The monoisotopic (exact) mass is 328 g/mol. The van der Waals surface area contributed by atoms with E-state index in [4.69, 9.17) is 4.74 Å². The highest BCUT2D eigenvalue weighted by atomic mass is 19.4. The number of carbonyl (C=O) groups excluding carboxylic acids is 1. The fourth-order valence-corrected chi connectivity index (χ4v) is 1.92. The van der Waals surface area contributed by atoms with E-state index in [0.29, 0.717) is 16.7 Å². The van der Waals surface area contributed by atoms with E-state index in [1.54, 1.807) is 26.8 Å². The van der Waals surface area contributed by atoms with E-state index in [1.165, 1.54) is 18.2 Å². The first kappa shape index (κ1) is 19.0. The van der Waals surface area contributed by atoms with E-state index in [0.717, 1.165) is 12.1 Å². The third-order valence-corrected chi connectivity index (χ3v) is 3.18. The summed E-state index contributed by atoms with van der Waals surface area (Å²) in [4.78, 5) is 11.6. The largest absolute Gasteiger partial charge is 0.463 e. The third kappa shape index (κ3) is 5.25. The van der Waals surface area contributed by atoms with Gasteiger partial charge in [-0.2, -0.15) is 13.2 Å². The van der Waals surface area contributed by atoms with Crippen LogP contribution in [-0.2, 0) is 15.7 Å². The normalized spacial score (nSPS) is 14.6. The Labute approximate surface area is 133 Å². The van der Waals surface area contributed by atoms with E-state index >= 15 is 0 Å². The molecule has 0 bridgehead atoms. The lowest BCUT2D eigenvalue weighted by molar-refractivity contribution is -0.139. The lowest BCUT2D eigenvalue weighted by Gasteiger charge is -2.14. The van der Waals surface area contributed by atoms with Crippen LogP contribution in [-0.4, -0.2) is 17.7 Å². The van der Waals surface area contributed by atoms with Crippen LogP contribution in [0.4, 0.5) is 13.2 Å². The molecule has 0 aliphatic heterocycles. The summed E-state index contributed by atoms with van der Waals surface area (Å²) in [6, 6.07) is 4.25. The Morgan fingerprint density at radius 1 is 1.30 bits per heavy atom. The molecule has 0 saturated heterocycles. The van der Waals surface area contributed by atoms with E-state index in [-0.39, 0.29) is 6.61 Å². The van der Waals surface area contributed by atoms with Crippen molar-refractivity contribution in [3.05, 3.63) is 58.7 Å². The van der Waals surface area contributed by atoms with E-state index in [9.17, 15) is 23.1 Å². The van der Waals surface area contributed by atoms with E-state index in [2.05, 4.69) is 0 Å². The van der Waals surface area contributed by atoms with E-state index < -0.39 is 23.8 Å². The van der Waals surface area contributed by atoms with Gasteiger partial charge in [0.25, 0.3) is 0 Å². The van der Waals surface area contributed by atoms with Crippen LogP contribution in [0.2, 0.25) is 0 Å². The van der Waals surface area contributed by atoms with Crippen molar-refractivity contribution >= 4 is 5.97 Å². The van der Waals surface area contributed by atoms with Crippen LogP contribution < -0.4 is 0 Å². The maximum atomic E-state index is 12.5. The number of hydrogen-bond donors (Lipinski definition) is 1. The van der Waals surface area contributed by atoms with Gasteiger partial charge >= 0.3 is 12.1 Å². The Balaban J connectivity index is 2.99. The minimum absolute atomic E-state index is 0.233. The number of aliphatic hydroxyl groups is 1. The predicted molar refractivity (Wildman–Crippen MR) is 80.6 cm³/mol. The molecule has 1 aromatic carbocycles. The number of halogens is 3. The Hall–Kier alpha value is -2.08. The smallest absolute Gasteiger partial charge is 0.416 e. The number of carbonyl (C=O) groups is 1. The quantitative estimate of drug-likeness (QED) is 0.501. The second kappa shape index (κ2) is 7.97. The maximum absolute atomic E-state index is 12.5. The van der Waals surface area contributed by atoms with Gasteiger partial charge in [0, 0.05) is 5.57 Å². The average molecular weight is 328 g/mol. The van der Waals surface area contributed by atoms with Crippen LogP contribution >= 0.6 is 0 Å². The SMILES string of the molecule is C/C=C(\C=C(/C)C(=O)OCC)C(O)c1ccc(C(F)(F)F)cc1. The molecular formula is C17H19F3O3. The Bertz CT molecular complexity index is 599. The number of benzene rings is 1. The molecule has 1 N–H and O–H groups in total. The minimum Gasteiger partial charge on any atom is -0.463 e. The van der Waals surface area contributed by atoms with Crippen LogP contribution in [0.3, 0.4) is 0 Å². The highest BCUT2D eigenvalue weighted by Gasteiger charge is 2.30. The molecule has 1 unspecified atom stereocenters. The average Bonchev–Trinajstić information content (AvgIpc) is 2.51. The van der Waals surface area contributed by atoms with Gasteiger partial charge in [-0.3, -0.25) is 0 Å². The molecule has 1 rings (SSSR count). The van der Waals surface area contributed by atoms with Crippen molar-refractivity contribution in [1.29, 1.82) is 0 Å². The minimum atomic E-state index is -4.42. The highest BCUT2D eigenvalue weighted by molar-refractivity contribution is 5.88. The van der Waals surface area contributed by atoms with Gasteiger partial charge in [0.05, 0.1) is 12.2 Å². The Morgan fingerprint density at radius 3 is 2.30 bits per heavy atom. The molecule has 0 aliphatic rings. The molecule has 1 aromatic rings. The summed E-state index contributed by atoms with van der Waals surface area (Å²) in [5.41, 5.74) is 0.217. The predicted octanol–water partition coefficient (Wildman–Crippen LogP) is 4.19. The van der Waals surface area contributed by atoms with Gasteiger partial charge in [-0.1, -0.05) is 18.2 Å². The van der Waals surface area contributed by atoms with Crippen LogP contribution in [0.15, 0.2) is 47.6 Å². The van der Waals surface area contributed by atoms with Gasteiger partial charge in [0.1, 0.15) is 6.10 Å². The van der Waals surface area contributed by atoms with Gasteiger partial charge < -0.3 is 9.84 Å². The molecule has 6 heteroatoms. The van der Waals surface area contributed by atoms with Crippen LogP contribution in [0.1, 0.15) is 38.0 Å². The van der Waals surface area contributed by atoms with Gasteiger partial charge in [-0.15, -0.1) is 0 Å². The molecule has 126 valence electrons. The molecule has 0 spiro atoms. The molecule has 0 aliphatic carbocycles. The van der Waals surface area contributed by atoms with Crippen molar-refractivity contribution in [2.45, 2.75) is 33.1 Å². The molecule has 0 fully saturated rings. The van der Waals surface area contributed by atoms with Crippen molar-refractivity contribution in [1.82, 2.24) is 0 Å². The number of hydrogen-bond acceptors (Lipinski definition) is 3. The first-order valence-electron chi connectivity index (χ1n) is 7.07. The maximum Gasteiger partial charge on any atom is 0.416 e. The fourth-order valence-electron chi connectivity index (χ4n) is 1.92. The molecule has 0 amide bonds. The van der Waals surface area contributed by atoms with Crippen LogP contribution in [0, 0.1) is 0 Å². The number of aliphatic hydroxyl groups excluding tert-OH is 1. The standard InChI is InChI=1S/C17H19F3O3/c1-4-12(10-11(3)16(22)23-5-2)15(21)13-6-8-14(9-7-13)17(18,19)20/h4,6-10,15,21H,5H2,1-3H3/b11-10+,12-4+. The molecule has 23 heavy (non-hydrogen) atoms. The molecule has 1 atom stereocenters. The highest BCUT2D eigenvalue weighted by Crippen LogP contribution is 2.31. The molecule has 0 saturated carbocycles. The number of allylic oxidation sites excluding steroid dienone is 1. The number of rotatable bonds is 5. The first-order chi connectivity index (χ1) is 10.7. The third-order valence-electron chi connectivity index (χ3n) is 3.18. The lowest BCUT2D eigenvalue weighted by atomic mass is 9.98. The number of alkyl halides is 3. The fraction of sp³-hybridized carbons (Fsp3) is 0.353. The van der Waals surface area contributed by atoms with Crippen LogP contribution in [0.25, 0.3) is 0 Å². The lowest BCUT2D eigenvalue weighted by Crippen LogP contribution is -2.08. The Morgan fingerprint density at radius 2 is 1.87 bits per heavy atom. The number of esters is 1. The molecular weight excluding hydrogens is 309 g/mol. The summed E-state index contributed by atoms with van der Waals surface area (Å²) >= 11 is 0. The zero-order valence-electron chi connectivity index (χ0n) is 13.1. The summed E-state index contributed by atoms with van der Waals surface area (Å²) < 4.78 is 42.5. The van der Waals surface area contributed by atoms with Crippen LogP contribution in [0.5, 0.6) is 0 Å². The van der Waals surface area contributed by atoms with Crippen molar-refractivity contribution in [2.75, 3.05) is 6.61 Å². The summed E-state index contributed by atoms with van der Waals surface area (Å²) in [5.74, 6) is -0.508. The topological polar surface area (TPSA) is 46.5 Å². The van der Waals surface area contributed by atoms with Gasteiger partial charge in [-0.05, 0) is 50.1 Å². The summed E-state index contributed by atoms with van der Waals surface area (Å²) in [7, 11) is 0. The number of ether oxygens (including phenoxy) is 1. The zero-order chi connectivity index (χ0) is 17.6. The van der Waals surface area contributed by atoms with Crippen molar-refractivity contribution in [2.24, 2.45) is 0 Å². The molecule has 3 nitrogen and oxygen atoms in total. The van der Waals surface area contributed by atoms with Crippen molar-refractivity contribution in [3.8, 4) is 0 Å². The summed E-state index contributed by atoms with van der Waals surface area (Å²) in [5, 5.41) is 10.3. The van der Waals surface area contributed by atoms with Gasteiger partial charge in [-0.25, -0.2) is 4.79 Å². The van der Waals surface area contributed by atoms with Crippen molar-refractivity contribution in [3.63, 3.8) is 0 Å². The second-order valence-corrected chi connectivity index (χ2v) is 4.86. The van der Waals surface area contributed by atoms with Gasteiger partial charge in [0.2, 0.25) is 0 Å². The molecule has 0 radical (unpaired) electrons. The Kier molecular flexibility index (Phi) is 6.57.